The van der Waals surface area contributed by atoms with Crippen LogP contribution in [-0.2, 0) is 0 Å². The van der Waals surface area contributed by atoms with Gasteiger partial charge in [0, 0.05) is 17.3 Å². The van der Waals surface area contributed by atoms with Crippen molar-refractivity contribution in [2.75, 3.05) is 11.1 Å². The number of aromatic nitrogens is 2. The van der Waals surface area contributed by atoms with Crippen molar-refractivity contribution in [3.05, 3.63) is 35.7 Å². The molecule has 1 amide bonds. The van der Waals surface area contributed by atoms with Gasteiger partial charge >= 0.3 is 0 Å². The summed E-state index contributed by atoms with van der Waals surface area (Å²) in [4.78, 5) is 17.6. The number of benzene rings is 1. The quantitative estimate of drug-likeness (QED) is 0.638. The van der Waals surface area contributed by atoms with E-state index >= 15 is 0 Å². The topological polar surface area (TPSA) is 104 Å². The van der Waals surface area contributed by atoms with Crippen LogP contribution in [0.25, 0.3) is 0 Å². The average Bonchev–Trinajstić information content (AvgIpc) is 2.76. The smallest absolute Gasteiger partial charge is 0.279 e. The van der Waals surface area contributed by atoms with E-state index in [1.54, 1.807) is 0 Å². The zero-order valence-electron chi connectivity index (χ0n) is 9.52. The molecule has 100 valence electrons. The van der Waals surface area contributed by atoms with E-state index < -0.39 is 18.0 Å². The summed E-state index contributed by atoms with van der Waals surface area (Å²) in [5.41, 5.74) is 5.37. The number of rotatable bonds is 3. The van der Waals surface area contributed by atoms with E-state index in [0.717, 1.165) is 6.20 Å². The van der Waals surface area contributed by atoms with Crippen molar-refractivity contribution in [2.24, 2.45) is 0 Å². The molecular weight excluding hydrogens is 258 g/mol. The van der Waals surface area contributed by atoms with E-state index in [2.05, 4.69) is 15.3 Å². The Morgan fingerprint density at radius 2 is 2.16 bits per heavy atom. The van der Waals surface area contributed by atoms with Gasteiger partial charge in [-0.25, -0.2) is 13.8 Å². The third-order valence-electron chi connectivity index (χ3n) is 2.26. The largest absolute Gasteiger partial charge is 0.508 e. The lowest BCUT2D eigenvalue weighted by molar-refractivity contribution is 0.102. The molecule has 0 aliphatic carbocycles. The molecule has 0 aliphatic rings. The number of nitrogens with zero attached hydrogens (tertiary/aromatic N) is 1. The van der Waals surface area contributed by atoms with Crippen LogP contribution in [0.15, 0.2) is 24.4 Å². The maximum atomic E-state index is 12.3. The van der Waals surface area contributed by atoms with Crippen molar-refractivity contribution in [2.45, 2.75) is 6.43 Å². The molecule has 1 aromatic heterocycles. The Hall–Kier alpha value is -2.64. The van der Waals surface area contributed by atoms with E-state index in [1.165, 1.54) is 18.2 Å². The number of hydrogen-bond donors (Lipinski definition) is 4. The molecule has 0 aliphatic heterocycles. The van der Waals surface area contributed by atoms with Crippen molar-refractivity contribution in [1.29, 1.82) is 0 Å². The third kappa shape index (κ3) is 2.97. The Morgan fingerprint density at radius 3 is 2.74 bits per heavy atom. The predicted molar refractivity (Wildman–Crippen MR) is 64.0 cm³/mol. The Labute approximate surface area is 106 Å². The molecule has 1 heterocycles. The summed E-state index contributed by atoms with van der Waals surface area (Å²) in [5.74, 6) is -0.905. The van der Waals surface area contributed by atoms with Crippen LogP contribution in [0.1, 0.15) is 22.5 Å². The number of aromatic amines is 1. The number of hydrogen-bond acceptors (Lipinski definition) is 4. The van der Waals surface area contributed by atoms with Gasteiger partial charge in [0.15, 0.2) is 0 Å². The average molecular weight is 268 g/mol. The number of phenols is 1. The van der Waals surface area contributed by atoms with Gasteiger partial charge in [0.05, 0.1) is 6.20 Å². The number of amides is 1. The molecule has 0 saturated carbocycles. The van der Waals surface area contributed by atoms with Crippen LogP contribution in [0.2, 0.25) is 0 Å². The predicted octanol–water partition coefficient (Wildman–Crippen LogP) is 1.89. The molecule has 6 nitrogen and oxygen atoms in total. The van der Waals surface area contributed by atoms with E-state index in [9.17, 15) is 18.7 Å². The molecule has 19 heavy (non-hydrogen) atoms. The van der Waals surface area contributed by atoms with Crippen LogP contribution in [0, 0.1) is 0 Å². The molecule has 0 unspecified atom stereocenters. The number of anilines is 2. The Balaban J connectivity index is 2.15. The van der Waals surface area contributed by atoms with Gasteiger partial charge < -0.3 is 15.8 Å². The van der Waals surface area contributed by atoms with Crippen molar-refractivity contribution >= 4 is 17.5 Å². The normalized spacial score (nSPS) is 10.7. The SMILES string of the molecule is Nc1cc(O)cc(C(=O)Nc2ncc(C(F)F)[nH]2)c1. The highest BCUT2D eigenvalue weighted by Crippen LogP contribution is 2.20. The van der Waals surface area contributed by atoms with Crippen LogP contribution in [0.3, 0.4) is 0 Å². The summed E-state index contributed by atoms with van der Waals surface area (Å²) in [6, 6.07) is 3.81. The summed E-state index contributed by atoms with van der Waals surface area (Å²) in [6.45, 7) is 0. The van der Waals surface area contributed by atoms with E-state index in [4.69, 9.17) is 5.73 Å². The number of imidazole rings is 1. The van der Waals surface area contributed by atoms with Gasteiger partial charge in [-0.3, -0.25) is 10.1 Å². The Bertz CT molecular complexity index is 592. The molecular formula is C11H10F2N4O2. The second-order valence-corrected chi connectivity index (χ2v) is 3.76. The van der Waals surface area contributed by atoms with Crippen molar-refractivity contribution in [1.82, 2.24) is 9.97 Å². The molecule has 0 saturated heterocycles. The van der Waals surface area contributed by atoms with E-state index in [-0.39, 0.29) is 22.9 Å². The highest BCUT2D eigenvalue weighted by Gasteiger charge is 2.13. The lowest BCUT2D eigenvalue weighted by Crippen LogP contribution is -2.13. The van der Waals surface area contributed by atoms with Gasteiger partial charge in [-0.2, -0.15) is 0 Å². The van der Waals surface area contributed by atoms with Gasteiger partial charge in [0.2, 0.25) is 5.95 Å². The number of aromatic hydroxyl groups is 1. The molecule has 5 N–H and O–H groups in total. The standard InChI is InChI=1S/C11H10F2N4O2/c12-9(13)8-4-15-11(16-8)17-10(19)5-1-6(14)3-7(18)2-5/h1-4,9,18H,14H2,(H2,15,16,17,19). The van der Waals surface area contributed by atoms with Crippen molar-refractivity contribution < 1.29 is 18.7 Å². The fourth-order valence-corrected chi connectivity index (χ4v) is 1.46. The first-order valence-electron chi connectivity index (χ1n) is 5.19. The van der Waals surface area contributed by atoms with Gasteiger partial charge in [-0.15, -0.1) is 0 Å². The Kier molecular flexibility index (Phi) is 3.32. The Morgan fingerprint density at radius 1 is 1.42 bits per heavy atom. The molecule has 0 atom stereocenters. The van der Waals surface area contributed by atoms with Crippen molar-refractivity contribution in [3.8, 4) is 5.75 Å². The molecule has 0 bridgehead atoms. The fourth-order valence-electron chi connectivity index (χ4n) is 1.46. The number of carbonyl (C=O) groups excluding carboxylic acids is 1. The number of nitrogens with two attached hydrogens (primary N) is 1. The summed E-state index contributed by atoms with van der Waals surface area (Å²) in [7, 11) is 0. The number of halogens is 2. The first-order valence-corrected chi connectivity index (χ1v) is 5.19. The van der Waals surface area contributed by atoms with Crippen LogP contribution in [0.5, 0.6) is 5.75 Å². The first kappa shape index (κ1) is 12.8. The molecule has 8 heteroatoms. The second-order valence-electron chi connectivity index (χ2n) is 3.76. The number of alkyl halides is 2. The van der Waals surface area contributed by atoms with E-state index in [0.29, 0.717) is 0 Å². The summed E-state index contributed by atoms with van der Waals surface area (Å²) in [6.07, 6.45) is -1.77. The second kappa shape index (κ2) is 4.92. The van der Waals surface area contributed by atoms with Gasteiger partial charge in [0.25, 0.3) is 12.3 Å². The van der Waals surface area contributed by atoms with Gasteiger partial charge in [-0.1, -0.05) is 0 Å². The minimum atomic E-state index is -2.70. The molecule has 2 aromatic rings. The lowest BCUT2D eigenvalue weighted by atomic mass is 10.2. The number of nitrogen functional groups attached to an aromatic ring is 1. The molecule has 0 radical (unpaired) electrons. The third-order valence-corrected chi connectivity index (χ3v) is 2.26. The highest BCUT2D eigenvalue weighted by atomic mass is 19.3. The number of phenolic OH excluding ortho intramolecular Hbond substituents is 1. The van der Waals surface area contributed by atoms with E-state index in [1.807, 2.05) is 0 Å². The fraction of sp³-hybridized carbons (Fsp3) is 0.0909. The number of carbonyl (C=O) groups is 1. The van der Waals surface area contributed by atoms with Gasteiger partial charge in [-0.05, 0) is 12.1 Å². The summed E-state index contributed by atoms with van der Waals surface area (Å²) >= 11 is 0. The van der Waals surface area contributed by atoms with Gasteiger partial charge in [0.1, 0.15) is 11.4 Å². The summed E-state index contributed by atoms with van der Waals surface area (Å²) in [5, 5.41) is 11.6. The van der Waals surface area contributed by atoms with Crippen LogP contribution >= 0.6 is 0 Å². The van der Waals surface area contributed by atoms with Crippen LogP contribution < -0.4 is 11.1 Å². The minimum Gasteiger partial charge on any atom is -0.508 e. The highest BCUT2D eigenvalue weighted by molar-refractivity contribution is 6.04. The van der Waals surface area contributed by atoms with Crippen LogP contribution in [-0.4, -0.2) is 21.0 Å². The van der Waals surface area contributed by atoms with Crippen molar-refractivity contribution in [3.63, 3.8) is 0 Å². The number of nitrogens with one attached hydrogen (secondary N) is 2. The lowest BCUT2D eigenvalue weighted by Gasteiger charge is -2.04. The first-order chi connectivity index (χ1) is 8.95. The molecule has 0 spiro atoms. The van der Waals surface area contributed by atoms with Crippen LogP contribution in [0.4, 0.5) is 20.4 Å². The zero-order chi connectivity index (χ0) is 14.0. The molecule has 1 aromatic carbocycles. The number of H-pyrrole nitrogens is 1. The molecule has 2 rings (SSSR count). The molecule has 0 fully saturated rings. The monoisotopic (exact) mass is 268 g/mol. The maximum absolute atomic E-state index is 12.3. The maximum Gasteiger partial charge on any atom is 0.279 e. The minimum absolute atomic E-state index is 0.0903. The zero-order valence-corrected chi connectivity index (χ0v) is 9.52. The summed E-state index contributed by atoms with van der Waals surface area (Å²) < 4.78 is 24.6.